The minimum absolute atomic E-state index is 0.00548. The minimum Gasteiger partial charge on any atom is -0.481 e. The van der Waals surface area contributed by atoms with Gasteiger partial charge in [0.15, 0.2) is 0 Å². The first-order valence-electron chi connectivity index (χ1n) is 10.3. The third-order valence-corrected chi connectivity index (χ3v) is 4.90. The highest BCUT2D eigenvalue weighted by atomic mass is 19.1. The molecule has 1 aromatic carbocycles. The lowest BCUT2D eigenvalue weighted by Gasteiger charge is -2.21. The van der Waals surface area contributed by atoms with Gasteiger partial charge in [-0.15, -0.1) is 0 Å². The van der Waals surface area contributed by atoms with Crippen molar-refractivity contribution in [2.24, 2.45) is 0 Å². The van der Waals surface area contributed by atoms with Crippen LogP contribution in [0.4, 0.5) is 4.39 Å². The Kier molecular flexibility index (Phi) is 9.31. The summed E-state index contributed by atoms with van der Waals surface area (Å²) < 4.78 is 24.5. The van der Waals surface area contributed by atoms with E-state index in [0.29, 0.717) is 22.7 Å². The fraction of sp³-hybridized carbons (Fsp3) is 0.417. The van der Waals surface area contributed by atoms with E-state index < -0.39 is 24.6 Å². The summed E-state index contributed by atoms with van der Waals surface area (Å²) in [6.45, 7) is 4.13. The van der Waals surface area contributed by atoms with Gasteiger partial charge in [-0.1, -0.05) is 38.1 Å². The number of aromatic nitrogens is 1. The zero-order chi connectivity index (χ0) is 23.8. The molecule has 7 nitrogen and oxygen atoms in total. The molecule has 0 fully saturated rings. The SMILES string of the molecule is COCc1c(OC)nc(C(C)C)c(C=CC(O)CC(O)CC(=O)O)c1-c1ccc(F)cc1. The number of aliphatic hydroxyl groups excluding tert-OH is 2. The number of rotatable bonds is 11. The van der Waals surface area contributed by atoms with Crippen LogP contribution < -0.4 is 4.74 Å². The number of nitrogens with zero attached hydrogens (tertiary/aromatic N) is 1. The second kappa shape index (κ2) is 11.7. The first kappa shape index (κ1) is 25.5. The number of hydrogen-bond acceptors (Lipinski definition) is 6. The first-order valence-corrected chi connectivity index (χ1v) is 10.3. The van der Waals surface area contributed by atoms with Crippen LogP contribution in [0, 0.1) is 5.82 Å². The second-order valence-corrected chi connectivity index (χ2v) is 7.78. The summed E-state index contributed by atoms with van der Waals surface area (Å²) in [6, 6.07) is 6.02. The number of hydrogen-bond donors (Lipinski definition) is 3. The quantitative estimate of drug-likeness (QED) is 0.481. The highest BCUT2D eigenvalue weighted by Gasteiger charge is 2.22. The molecule has 1 heterocycles. The highest BCUT2D eigenvalue weighted by Crippen LogP contribution is 2.38. The van der Waals surface area contributed by atoms with Crippen molar-refractivity contribution in [1.82, 2.24) is 4.98 Å². The standard InChI is InChI=1S/C24H30FNO6/c1-14(2)23-19(10-9-17(27)11-18(28)12-21(29)30)22(15-5-7-16(25)8-6-15)20(13-31-3)24(26-23)32-4/h5-10,14,17-18,27-28H,11-13H2,1-4H3,(H,29,30). The zero-order valence-electron chi connectivity index (χ0n) is 18.7. The number of benzene rings is 1. The second-order valence-electron chi connectivity index (χ2n) is 7.78. The topological polar surface area (TPSA) is 109 Å². The largest absolute Gasteiger partial charge is 0.481 e. The average molecular weight is 448 g/mol. The van der Waals surface area contributed by atoms with Gasteiger partial charge in [0.1, 0.15) is 5.82 Å². The van der Waals surface area contributed by atoms with Crippen LogP contribution in [0.2, 0.25) is 0 Å². The van der Waals surface area contributed by atoms with Crippen LogP contribution in [0.25, 0.3) is 17.2 Å². The Labute approximate surface area is 187 Å². The van der Waals surface area contributed by atoms with E-state index in [1.54, 1.807) is 25.3 Å². The summed E-state index contributed by atoms with van der Waals surface area (Å²) in [4.78, 5) is 15.4. The van der Waals surface area contributed by atoms with Gasteiger partial charge in [0.05, 0.1) is 38.0 Å². The van der Waals surface area contributed by atoms with E-state index in [-0.39, 0.29) is 24.8 Å². The molecule has 2 aromatic rings. The average Bonchev–Trinajstić information content (AvgIpc) is 2.72. The zero-order valence-corrected chi connectivity index (χ0v) is 18.7. The maximum Gasteiger partial charge on any atom is 0.305 e. The predicted molar refractivity (Wildman–Crippen MR) is 119 cm³/mol. The van der Waals surface area contributed by atoms with Gasteiger partial charge in [0.2, 0.25) is 5.88 Å². The van der Waals surface area contributed by atoms with Crippen molar-refractivity contribution in [3.63, 3.8) is 0 Å². The minimum atomic E-state index is -1.17. The van der Waals surface area contributed by atoms with Gasteiger partial charge < -0.3 is 24.8 Å². The summed E-state index contributed by atoms with van der Waals surface area (Å²) in [5.74, 6) is -1.12. The third kappa shape index (κ3) is 6.59. The Morgan fingerprint density at radius 3 is 2.38 bits per heavy atom. The molecule has 8 heteroatoms. The molecule has 0 saturated carbocycles. The lowest BCUT2D eigenvalue weighted by atomic mass is 9.90. The molecule has 0 aliphatic carbocycles. The summed E-state index contributed by atoms with van der Waals surface area (Å²) >= 11 is 0. The van der Waals surface area contributed by atoms with E-state index in [1.807, 2.05) is 13.8 Å². The van der Waals surface area contributed by atoms with E-state index in [2.05, 4.69) is 4.98 Å². The molecule has 2 atom stereocenters. The van der Waals surface area contributed by atoms with E-state index in [4.69, 9.17) is 14.6 Å². The number of carboxylic acid groups (broad SMARTS) is 1. The lowest BCUT2D eigenvalue weighted by molar-refractivity contribution is -0.139. The third-order valence-electron chi connectivity index (χ3n) is 4.90. The normalized spacial score (nSPS) is 13.5. The van der Waals surface area contributed by atoms with Crippen LogP contribution in [0.1, 0.15) is 49.4 Å². The predicted octanol–water partition coefficient (Wildman–Crippen LogP) is 3.77. The van der Waals surface area contributed by atoms with Gasteiger partial charge in [-0.25, -0.2) is 9.37 Å². The van der Waals surface area contributed by atoms with Crippen LogP contribution in [0.15, 0.2) is 30.3 Å². The molecule has 0 aliphatic rings. The summed E-state index contributed by atoms with van der Waals surface area (Å²) in [5, 5.41) is 28.9. The molecule has 1 aromatic heterocycles. The maximum atomic E-state index is 13.6. The van der Waals surface area contributed by atoms with Crippen molar-refractivity contribution < 1.29 is 34.0 Å². The number of halogens is 1. The van der Waals surface area contributed by atoms with Crippen LogP contribution >= 0.6 is 0 Å². The molecule has 0 spiro atoms. The first-order chi connectivity index (χ1) is 15.2. The van der Waals surface area contributed by atoms with E-state index in [0.717, 1.165) is 11.1 Å². The van der Waals surface area contributed by atoms with Crippen LogP contribution in [-0.4, -0.2) is 52.7 Å². The Morgan fingerprint density at radius 1 is 1.19 bits per heavy atom. The molecule has 174 valence electrons. The van der Waals surface area contributed by atoms with Crippen LogP contribution in [0.5, 0.6) is 5.88 Å². The van der Waals surface area contributed by atoms with E-state index in [9.17, 15) is 19.4 Å². The monoisotopic (exact) mass is 447 g/mol. The number of carboxylic acids is 1. The van der Waals surface area contributed by atoms with Crippen molar-refractivity contribution in [2.75, 3.05) is 14.2 Å². The highest BCUT2D eigenvalue weighted by molar-refractivity contribution is 5.81. The molecule has 2 unspecified atom stereocenters. The number of carbonyl (C=O) groups is 1. The van der Waals surface area contributed by atoms with Crippen molar-refractivity contribution in [1.29, 1.82) is 0 Å². The number of aliphatic carboxylic acids is 1. The van der Waals surface area contributed by atoms with Gasteiger partial charge in [-0.3, -0.25) is 4.79 Å². The molecule has 0 saturated heterocycles. The van der Waals surface area contributed by atoms with Crippen molar-refractivity contribution in [2.45, 2.75) is 51.4 Å². The van der Waals surface area contributed by atoms with Crippen molar-refractivity contribution in [3.8, 4) is 17.0 Å². The molecule has 2 rings (SSSR count). The molecule has 0 radical (unpaired) electrons. The number of ether oxygens (including phenoxy) is 2. The lowest BCUT2D eigenvalue weighted by Crippen LogP contribution is -2.19. The Morgan fingerprint density at radius 2 is 1.84 bits per heavy atom. The molecule has 0 aliphatic heterocycles. The Balaban J connectivity index is 2.63. The molecule has 3 N–H and O–H groups in total. The summed E-state index contributed by atoms with van der Waals surface area (Å²) in [6.07, 6.45) is 0.359. The van der Waals surface area contributed by atoms with E-state index in [1.165, 1.54) is 25.3 Å². The summed E-state index contributed by atoms with van der Waals surface area (Å²) in [5.41, 5.74) is 3.53. The van der Waals surface area contributed by atoms with Gasteiger partial charge in [0, 0.05) is 30.2 Å². The number of methoxy groups -OCH3 is 2. The molecule has 32 heavy (non-hydrogen) atoms. The summed E-state index contributed by atoms with van der Waals surface area (Å²) in [7, 11) is 3.07. The van der Waals surface area contributed by atoms with Crippen molar-refractivity contribution >= 4 is 12.0 Å². The molecule has 0 amide bonds. The smallest absolute Gasteiger partial charge is 0.305 e. The fourth-order valence-corrected chi connectivity index (χ4v) is 3.49. The number of aliphatic hydroxyl groups is 2. The molecule has 0 bridgehead atoms. The van der Waals surface area contributed by atoms with Gasteiger partial charge in [-0.2, -0.15) is 0 Å². The van der Waals surface area contributed by atoms with Crippen LogP contribution in [-0.2, 0) is 16.1 Å². The van der Waals surface area contributed by atoms with Crippen molar-refractivity contribution in [3.05, 3.63) is 53.0 Å². The Hall–Kier alpha value is -2.81. The van der Waals surface area contributed by atoms with E-state index >= 15 is 0 Å². The van der Waals surface area contributed by atoms with Gasteiger partial charge in [-0.05, 0) is 23.6 Å². The number of pyridine rings is 1. The van der Waals surface area contributed by atoms with Crippen LogP contribution in [0.3, 0.4) is 0 Å². The Bertz CT molecular complexity index is 942. The van der Waals surface area contributed by atoms with Gasteiger partial charge >= 0.3 is 5.97 Å². The fourth-order valence-electron chi connectivity index (χ4n) is 3.49. The molecular weight excluding hydrogens is 417 g/mol. The molecular formula is C24H30FNO6. The maximum absolute atomic E-state index is 13.6. The van der Waals surface area contributed by atoms with Gasteiger partial charge in [0.25, 0.3) is 0 Å².